The third kappa shape index (κ3) is 1.95. The van der Waals surface area contributed by atoms with Gasteiger partial charge in [-0.1, -0.05) is 0 Å². The Morgan fingerprint density at radius 3 is 2.75 bits per heavy atom. The van der Waals surface area contributed by atoms with Gasteiger partial charge >= 0.3 is 0 Å². The van der Waals surface area contributed by atoms with Crippen LogP contribution < -0.4 is 10.6 Å². The van der Waals surface area contributed by atoms with Crippen LogP contribution >= 0.6 is 0 Å². The first-order chi connectivity index (χ1) is 7.72. The highest BCUT2D eigenvalue weighted by Gasteiger charge is 2.22. The van der Waals surface area contributed by atoms with Crippen LogP contribution in [0.25, 0.3) is 0 Å². The number of halogens is 1. The zero-order valence-electron chi connectivity index (χ0n) is 8.77. The van der Waals surface area contributed by atoms with Gasteiger partial charge in [0.1, 0.15) is 12.6 Å². The first kappa shape index (κ1) is 10.8. The molecular formula is C10H13FN4O. The third-order valence-corrected chi connectivity index (χ3v) is 2.83. The van der Waals surface area contributed by atoms with Crippen LogP contribution in [-0.4, -0.2) is 29.3 Å². The van der Waals surface area contributed by atoms with Crippen LogP contribution in [0.15, 0.2) is 6.33 Å². The lowest BCUT2D eigenvalue weighted by molar-refractivity contribution is -0.111. The van der Waals surface area contributed by atoms with Gasteiger partial charge in [-0.15, -0.1) is 0 Å². The summed E-state index contributed by atoms with van der Waals surface area (Å²) in [6.07, 6.45) is 3.67. The van der Waals surface area contributed by atoms with Crippen molar-refractivity contribution < 1.29 is 9.18 Å². The first-order valence-corrected chi connectivity index (χ1v) is 5.18. The van der Waals surface area contributed by atoms with Gasteiger partial charge < -0.3 is 15.4 Å². The molecule has 2 rings (SSSR count). The standard InChI is InChI=1S/C10H13FN4O/c11-8-9(12)13-6-14-10(8)15-3-1-7(5-16)2-4-15/h5-7H,1-4H2,(H2,12,13,14). The Morgan fingerprint density at radius 2 is 2.12 bits per heavy atom. The monoisotopic (exact) mass is 224 g/mol. The smallest absolute Gasteiger partial charge is 0.207 e. The van der Waals surface area contributed by atoms with Crippen molar-refractivity contribution in [1.29, 1.82) is 0 Å². The normalized spacial score (nSPS) is 17.4. The number of anilines is 2. The highest BCUT2D eigenvalue weighted by atomic mass is 19.1. The van der Waals surface area contributed by atoms with E-state index in [0.717, 1.165) is 19.1 Å². The number of nitrogens with two attached hydrogens (primary N) is 1. The summed E-state index contributed by atoms with van der Waals surface area (Å²) in [5.41, 5.74) is 5.37. The molecule has 5 nitrogen and oxygen atoms in total. The first-order valence-electron chi connectivity index (χ1n) is 5.18. The predicted octanol–water partition coefficient (Wildman–Crippen LogP) is 0.613. The van der Waals surface area contributed by atoms with Gasteiger partial charge in [0.05, 0.1) is 0 Å². The predicted molar refractivity (Wildman–Crippen MR) is 57.4 cm³/mol. The Labute approximate surface area is 92.5 Å². The summed E-state index contributed by atoms with van der Waals surface area (Å²) in [5, 5.41) is 0. The van der Waals surface area contributed by atoms with Crippen LogP contribution in [0.5, 0.6) is 0 Å². The van der Waals surface area contributed by atoms with Gasteiger partial charge in [-0.25, -0.2) is 9.97 Å². The van der Waals surface area contributed by atoms with E-state index in [1.165, 1.54) is 6.33 Å². The highest BCUT2D eigenvalue weighted by molar-refractivity contribution is 5.55. The minimum Gasteiger partial charge on any atom is -0.381 e. The molecule has 0 bridgehead atoms. The summed E-state index contributed by atoms with van der Waals surface area (Å²) in [7, 11) is 0. The largest absolute Gasteiger partial charge is 0.381 e. The molecule has 1 aromatic rings. The summed E-state index contributed by atoms with van der Waals surface area (Å²) in [5.74, 6) is -0.398. The molecule has 0 spiro atoms. The maximum Gasteiger partial charge on any atom is 0.207 e. The number of hydrogen-bond acceptors (Lipinski definition) is 5. The van der Waals surface area contributed by atoms with Gasteiger partial charge in [-0.2, -0.15) is 4.39 Å². The number of nitrogens with zero attached hydrogens (tertiary/aromatic N) is 3. The van der Waals surface area contributed by atoms with Crippen molar-refractivity contribution in [3.05, 3.63) is 12.1 Å². The molecule has 0 amide bonds. The van der Waals surface area contributed by atoms with Crippen molar-refractivity contribution in [3.8, 4) is 0 Å². The fourth-order valence-corrected chi connectivity index (χ4v) is 1.84. The average molecular weight is 224 g/mol. The van der Waals surface area contributed by atoms with Gasteiger partial charge in [0.25, 0.3) is 0 Å². The Hall–Kier alpha value is -1.72. The minimum absolute atomic E-state index is 0.0819. The van der Waals surface area contributed by atoms with Crippen LogP contribution in [0.3, 0.4) is 0 Å². The van der Waals surface area contributed by atoms with Gasteiger partial charge in [-0.3, -0.25) is 0 Å². The summed E-state index contributed by atoms with van der Waals surface area (Å²) >= 11 is 0. The molecule has 1 saturated heterocycles. The molecule has 0 radical (unpaired) electrons. The molecule has 0 aliphatic carbocycles. The van der Waals surface area contributed by atoms with Crippen LogP contribution in [0.1, 0.15) is 12.8 Å². The molecule has 0 atom stereocenters. The molecular weight excluding hydrogens is 211 g/mol. The molecule has 6 heteroatoms. The molecule has 16 heavy (non-hydrogen) atoms. The number of hydrogen-bond donors (Lipinski definition) is 1. The second kappa shape index (κ2) is 4.42. The lowest BCUT2D eigenvalue weighted by Gasteiger charge is -2.30. The SMILES string of the molecule is Nc1ncnc(N2CCC(C=O)CC2)c1F. The molecule has 1 fully saturated rings. The fraction of sp³-hybridized carbons (Fsp3) is 0.500. The molecule has 2 heterocycles. The van der Waals surface area contributed by atoms with Crippen molar-refractivity contribution in [2.75, 3.05) is 23.7 Å². The van der Waals surface area contributed by atoms with E-state index in [1.54, 1.807) is 4.90 Å². The van der Waals surface area contributed by atoms with E-state index in [9.17, 15) is 9.18 Å². The van der Waals surface area contributed by atoms with Gasteiger partial charge in [0.2, 0.25) is 5.82 Å². The fourth-order valence-electron chi connectivity index (χ4n) is 1.84. The van der Waals surface area contributed by atoms with Gasteiger partial charge in [-0.05, 0) is 12.8 Å². The Bertz CT molecular complexity index is 390. The summed E-state index contributed by atoms with van der Waals surface area (Å²) in [6, 6.07) is 0. The number of carbonyl (C=O) groups is 1. The second-order valence-electron chi connectivity index (χ2n) is 3.86. The molecule has 0 saturated carbocycles. The van der Waals surface area contributed by atoms with E-state index in [1.807, 2.05) is 0 Å². The van der Waals surface area contributed by atoms with E-state index in [2.05, 4.69) is 9.97 Å². The van der Waals surface area contributed by atoms with E-state index in [-0.39, 0.29) is 17.6 Å². The van der Waals surface area contributed by atoms with Crippen LogP contribution in [-0.2, 0) is 4.79 Å². The molecule has 0 aromatic carbocycles. The lowest BCUT2D eigenvalue weighted by Crippen LogP contribution is -2.35. The average Bonchev–Trinajstić information content (AvgIpc) is 2.33. The summed E-state index contributed by atoms with van der Waals surface area (Å²) < 4.78 is 13.6. The summed E-state index contributed by atoms with van der Waals surface area (Å²) in [6.45, 7) is 1.24. The number of carbonyl (C=O) groups excluding carboxylic acids is 1. The van der Waals surface area contributed by atoms with Crippen LogP contribution in [0.2, 0.25) is 0 Å². The van der Waals surface area contributed by atoms with E-state index < -0.39 is 5.82 Å². The Balaban J connectivity index is 2.14. The van der Waals surface area contributed by atoms with Crippen molar-refractivity contribution in [3.63, 3.8) is 0 Å². The summed E-state index contributed by atoms with van der Waals surface area (Å²) in [4.78, 5) is 19.8. The van der Waals surface area contributed by atoms with Gasteiger partial charge in [0.15, 0.2) is 11.6 Å². The minimum atomic E-state index is -0.577. The maximum atomic E-state index is 13.6. The van der Waals surface area contributed by atoms with Crippen molar-refractivity contribution in [2.24, 2.45) is 5.92 Å². The zero-order valence-corrected chi connectivity index (χ0v) is 8.77. The van der Waals surface area contributed by atoms with Crippen LogP contribution in [0, 0.1) is 11.7 Å². The van der Waals surface area contributed by atoms with E-state index >= 15 is 0 Å². The van der Waals surface area contributed by atoms with Crippen molar-refractivity contribution >= 4 is 17.9 Å². The maximum absolute atomic E-state index is 13.6. The van der Waals surface area contributed by atoms with Crippen LogP contribution in [0.4, 0.5) is 16.0 Å². The Morgan fingerprint density at radius 1 is 1.44 bits per heavy atom. The Kier molecular flexibility index (Phi) is 2.98. The topological polar surface area (TPSA) is 72.1 Å². The second-order valence-corrected chi connectivity index (χ2v) is 3.86. The molecule has 1 aliphatic heterocycles. The number of piperidine rings is 1. The molecule has 86 valence electrons. The van der Waals surface area contributed by atoms with E-state index in [0.29, 0.717) is 13.1 Å². The number of nitrogen functional groups attached to an aromatic ring is 1. The highest BCUT2D eigenvalue weighted by Crippen LogP contribution is 2.24. The number of aldehydes is 1. The number of aromatic nitrogens is 2. The lowest BCUT2D eigenvalue weighted by atomic mass is 9.99. The quantitative estimate of drug-likeness (QED) is 0.745. The van der Waals surface area contributed by atoms with Crippen molar-refractivity contribution in [1.82, 2.24) is 9.97 Å². The van der Waals surface area contributed by atoms with Gasteiger partial charge in [0, 0.05) is 19.0 Å². The molecule has 1 aromatic heterocycles. The molecule has 2 N–H and O–H groups in total. The molecule has 1 aliphatic rings. The zero-order chi connectivity index (χ0) is 11.5. The third-order valence-electron chi connectivity index (χ3n) is 2.83. The van der Waals surface area contributed by atoms with E-state index in [4.69, 9.17) is 5.73 Å². The number of rotatable bonds is 2. The molecule has 0 unspecified atom stereocenters. The van der Waals surface area contributed by atoms with Crippen molar-refractivity contribution in [2.45, 2.75) is 12.8 Å².